The number of aryl methyl sites for hydroxylation is 1. The lowest BCUT2D eigenvalue weighted by Crippen LogP contribution is -2.28. The first-order valence-corrected chi connectivity index (χ1v) is 8.28. The van der Waals surface area contributed by atoms with Crippen LogP contribution in [0.3, 0.4) is 0 Å². The lowest BCUT2D eigenvalue weighted by molar-refractivity contribution is 0.0954. The van der Waals surface area contributed by atoms with Gasteiger partial charge in [0.1, 0.15) is 5.82 Å². The van der Waals surface area contributed by atoms with Gasteiger partial charge < -0.3 is 25.8 Å². The maximum atomic E-state index is 13.5. The van der Waals surface area contributed by atoms with Gasteiger partial charge in [-0.3, -0.25) is 9.79 Å². The topological polar surface area (TPSA) is 98.0 Å². The third-order valence-electron chi connectivity index (χ3n) is 3.77. The van der Waals surface area contributed by atoms with Crippen LogP contribution in [0.2, 0.25) is 0 Å². The number of halogens is 1. The summed E-state index contributed by atoms with van der Waals surface area (Å²) < 4.78 is 23.9. The molecule has 0 heterocycles. The molecule has 0 bridgehead atoms. The molecule has 0 aliphatic heterocycles. The Labute approximate surface area is 157 Å². The molecule has 2 rings (SSSR count). The molecule has 0 atom stereocenters. The largest absolute Gasteiger partial charge is 0.493 e. The van der Waals surface area contributed by atoms with E-state index in [0.29, 0.717) is 22.7 Å². The van der Waals surface area contributed by atoms with Crippen molar-refractivity contribution in [1.82, 2.24) is 5.32 Å². The Kier molecular flexibility index (Phi) is 6.99. The monoisotopic (exact) mass is 374 g/mol. The quantitative estimate of drug-likeness (QED) is 0.392. The fourth-order valence-corrected chi connectivity index (χ4v) is 2.28. The van der Waals surface area contributed by atoms with Crippen LogP contribution >= 0.6 is 0 Å². The van der Waals surface area contributed by atoms with Crippen LogP contribution in [0.25, 0.3) is 0 Å². The molecule has 0 aliphatic carbocycles. The van der Waals surface area contributed by atoms with Crippen molar-refractivity contribution in [3.05, 3.63) is 53.3 Å². The summed E-state index contributed by atoms with van der Waals surface area (Å²) in [5.74, 6) is 0.583. The van der Waals surface area contributed by atoms with Crippen molar-refractivity contribution in [3.8, 4) is 11.5 Å². The summed E-state index contributed by atoms with van der Waals surface area (Å²) in [7, 11) is 3.10. The number of carbonyl (C=O) groups excluding carboxylic acids is 1. The minimum Gasteiger partial charge on any atom is -0.493 e. The molecule has 0 aromatic heterocycles. The third kappa shape index (κ3) is 5.60. The van der Waals surface area contributed by atoms with E-state index in [2.05, 4.69) is 15.6 Å². The maximum Gasteiger partial charge on any atom is 0.251 e. The molecular formula is C19H23FN4O3. The number of nitrogens with two attached hydrogens (primary N) is 1. The predicted octanol–water partition coefficient (Wildman–Crippen LogP) is 2.31. The Hall–Kier alpha value is -3.29. The summed E-state index contributed by atoms with van der Waals surface area (Å²) in [5, 5.41) is 5.60. The second kappa shape index (κ2) is 9.42. The van der Waals surface area contributed by atoms with Crippen LogP contribution in [0.15, 0.2) is 41.4 Å². The first-order chi connectivity index (χ1) is 12.9. The highest BCUT2D eigenvalue weighted by Gasteiger charge is 2.08. The zero-order chi connectivity index (χ0) is 19.8. The second-order valence-corrected chi connectivity index (χ2v) is 5.68. The van der Waals surface area contributed by atoms with Crippen LogP contribution in [0.1, 0.15) is 15.9 Å². The zero-order valence-corrected chi connectivity index (χ0v) is 15.5. The van der Waals surface area contributed by atoms with Gasteiger partial charge >= 0.3 is 0 Å². The number of nitrogens with one attached hydrogen (secondary N) is 2. The molecule has 2 aromatic rings. The van der Waals surface area contributed by atoms with Gasteiger partial charge in [-0.15, -0.1) is 0 Å². The van der Waals surface area contributed by atoms with Gasteiger partial charge in [-0.25, -0.2) is 4.39 Å². The van der Waals surface area contributed by atoms with Gasteiger partial charge in [-0.1, -0.05) is 6.07 Å². The number of rotatable bonds is 7. The molecule has 8 heteroatoms. The van der Waals surface area contributed by atoms with E-state index in [0.717, 1.165) is 0 Å². The molecule has 0 saturated heterocycles. The van der Waals surface area contributed by atoms with Crippen molar-refractivity contribution in [3.63, 3.8) is 0 Å². The third-order valence-corrected chi connectivity index (χ3v) is 3.77. The molecule has 0 radical (unpaired) electrons. The average molecular weight is 374 g/mol. The lowest BCUT2D eigenvalue weighted by atomic mass is 10.1. The number of methoxy groups -OCH3 is 2. The highest BCUT2D eigenvalue weighted by atomic mass is 19.1. The smallest absolute Gasteiger partial charge is 0.251 e. The fraction of sp³-hybridized carbons (Fsp3) is 0.263. The van der Waals surface area contributed by atoms with Crippen LogP contribution in [0.4, 0.5) is 10.1 Å². The number of anilines is 1. The van der Waals surface area contributed by atoms with Crippen molar-refractivity contribution < 1.29 is 18.7 Å². The van der Waals surface area contributed by atoms with Gasteiger partial charge in [0, 0.05) is 23.9 Å². The fourth-order valence-electron chi connectivity index (χ4n) is 2.28. The van der Waals surface area contributed by atoms with Crippen LogP contribution in [-0.4, -0.2) is 39.2 Å². The maximum absolute atomic E-state index is 13.5. The number of aliphatic imine (C=N–C) groups is 1. The van der Waals surface area contributed by atoms with Crippen molar-refractivity contribution in [2.75, 3.05) is 32.6 Å². The van der Waals surface area contributed by atoms with E-state index in [1.54, 1.807) is 51.5 Å². The number of nitrogens with zero attached hydrogens (tertiary/aromatic N) is 1. The van der Waals surface area contributed by atoms with Gasteiger partial charge in [0.2, 0.25) is 0 Å². The molecule has 1 amide bonds. The molecular weight excluding hydrogens is 351 g/mol. The van der Waals surface area contributed by atoms with Crippen molar-refractivity contribution in [2.45, 2.75) is 6.92 Å². The number of hydrogen-bond acceptors (Lipinski definition) is 4. The number of guanidine groups is 1. The Morgan fingerprint density at radius 2 is 1.89 bits per heavy atom. The van der Waals surface area contributed by atoms with Gasteiger partial charge in [-0.05, 0) is 36.8 Å². The van der Waals surface area contributed by atoms with E-state index in [4.69, 9.17) is 15.2 Å². The first kappa shape index (κ1) is 20.0. The normalized spacial score (nSPS) is 11.0. The number of carbonyl (C=O) groups is 1. The van der Waals surface area contributed by atoms with Gasteiger partial charge in [0.15, 0.2) is 17.5 Å². The second-order valence-electron chi connectivity index (χ2n) is 5.68. The predicted molar refractivity (Wildman–Crippen MR) is 103 cm³/mol. The van der Waals surface area contributed by atoms with Crippen LogP contribution < -0.4 is 25.8 Å². The van der Waals surface area contributed by atoms with E-state index >= 15 is 0 Å². The minimum absolute atomic E-state index is 0.192. The Morgan fingerprint density at radius 3 is 2.56 bits per heavy atom. The van der Waals surface area contributed by atoms with E-state index in [1.807, 2.05) is 0 Å². The molecule has 27 heavy (non-hydrogen) atoms. The molecule has 0 fully saturated rings. The SMILES string of the molecule is COc1ccc(NC(N)=NCCNC(=O)c2ccc(C)c(F)c2)cc1OC. The summed E-state index contributed by atoms with van der Waals surface area (Å²) >= 11 is 0. The van der Waals surface area contributed by atoms with E-state index < -0.39 is 5.82 Å². The van der Waals surface area contributed by atoms with Crippen molar-refractivity contribution in [2.24, 2.45) is 10.7 Å². The highest BCUT2D eigenvalue weighted by Crippen LogP contribution is 2.29. The number of benzene rings is 2. The summed E-state index contributed by atoms with van der Waals surface area (Å²) in [4.78, 5) is 16.1. The highest BCUT2D eigenvalue weighted by molar-refractivity contribution is 5.94. The zero-order valence-electron chi connectivity index (χ0n) is 15.5. The Balaban J connectivity index is 1.85. The lowest BCUT2D eigenvalue weighted by Gasteiger charge is -2.11. The van der Waals surface area contributed by atoms with Crippen molar-refractivity contribution >= 4 is 17.6 Å². The standard InChI is InChI=1S/C19H23FN4O3/c1-12-4-5-13(10-15(12)20)18(25)22-8-9-23-19(21)24-14-6-7-16(26-2)17(11-14)27-3/h4-7,10-11H,8-9H2,1-3H3,(H,22,25)(H3,21,23,24). The van der Waals surface area contributed by atoms with Crippen LogP contribution in [0, 0.1) is 12.7 Å². The molecule has 0 spiro atoms. The molecule has 7 nitrogen and oxygen atoms in total. The average Bonchev–Trinajstić information content (AvgIpc) is 2.67. The van der Waals surface area contributed by atoms with Crippen molar-refractivity contribution in [1.29, 1.82) is 0 Å². The summed E-state index contributed by atoms with van der Waals surface area (Å²) in [6.45, 7) is 2.18. The van der Waals surface area contributed by atoms with E-state index in [1.165, 1.54) is 6.07 Å². The number of ether oxygens (including phenoxy) is 2. The molecule has 2 aromatic carbocycles. The van der Waals surface area contributed by atoms with Gasteiger partial charge in [0.25, 0.3) is 5.91 Å². The molecule has 0 aliphatic rings. The van der Waals surface area contributed by atoms with Crippen LogP contribution in [0.5, 0.6) is 11.5 Å². The van der Waals surface area contributed by atoms with Gasteiger partial charge in [0.05, 0.1) is 20.8 Å². The minimum atomic E-state index is -0.413. The van der Waals surface area contributed by atoms with E-state index in [-0.39, 0.29) is 30.5 Å². The number of hydrogen-bond donors (Lipinski definition) is 3. The molecule has 144 valence electrons. The summed E-state index contributed by atoms with van der Waals surface area (Å²) in [6, 6.07) is 9.60. The van der Waals surface area contributed by atoms with E-state index in [9.17, 15) is 9.18 Å². The summed E-state index contributed by atoms with van der Waals surface area (Å²) in [6.07, 6.45) is 0. The summed E-state index contributed by atoms with van der Waals surface area (Å²) in [5.41, 5.74) is 7.28. The molecule has 0 saturated carbocycles. The number of amides is 1. The molecule has 0 unspecified atom stereocenters. The first-order valence-electron chi connectivity index (χ1n) is 8.28. The van der Waals surface area contributed by atoms with Gasteiger partial charge in [-0.2, -0.15) is 0 Å². The Morgan fingerprint density at radius 1 is 1.15 bits per heavy atom. The molecule has 4 N–H and O–H groups in total. The Bertz CT molecular complexity index is 840. The van der Waals surface area contributed by atoms with Crippen LogP contribution in [-0.2, 0) is 0 Å².